The Kier molecular flexibility index (Phi) is 7.88. The van der Waals surface area contributed by atoms with E-state index in [0.717, 1.165) is 43.8 Å². The lowest BCUT2D eigenvalue weighted by molar-refractivity contribution is 0.123. The molecule has 5 nitrogen and oxygen atoms in total. The standard InChI is InChI=1S/C26H33N3O2/c1-5-8-9-17-28-18-15-23(16-19-28)31-22-13-11-21(12-14-22)29-20(4)27-25(10-6-2)24(7-3)26(29)30/h6-7,9-14,17,23H,2,5,8,15-16,18-19H2,1,3-4H3/b17-9+,24-7+,25-10+. The molecule has 1 saturated heterocycles. The maximum atomic E-state index is 13.0. The molecule has 0 aliphatic carbocycles. The topological polar surface area (TPSA) is 47.4 Å². The van der Waals surface area contributed by atoms with E-state index >= 15 is 0 Å². The number of aromatic nitrogens is 2. The van der Waals surface area contributed by atoms with Crippen molar-refractivity contribution in [2.75, 3.05) is 13.1 Å². The van der Waals surface area contributed by atoms with Crippen molar-refractivity contribution >= 4 is 12.2 Å². The van der Waals surface area contributed by atoms with Crippen molar-refractivity contribution in [2.45, 2.75) is 52.6 Å². The summed E-state index contributed by atoms with van der Waals surface area (Å²) in [6, 6.07) is 7.72. The summed E-state index contributed by atoms with van der Waals surface area (Å²) in [5.74, 6) is 1.47. The van der Waals surface area contributed by atoms with Gasteiger partial charge in [0.15, 0.2) is 0 Å². The Balaban J connectivity index is 1.73. The highest BCUT2D eigenvalue weighted by molar-refractivity contribution is 5.40. The molecule has 2 aromatic rings. The maximum Gasteiger partial charge on any atom is 0.265 e. The number of likely N-dealkylation sites (tertiary alicyclic amines) is 1. The lowest BCUT2D eigenvalue weighted by Gasteiger charge is -2.31. The van der Waals surface area contributed by atoms with E-state index in [-0.39, 0.29) is 11.7 Å². The lowest BCUT2D eigenvalue weighted by atomic mass is 10.1. The van der Waals surface area contributed by atoms with Gasteiger partial charge in [-0.3, -0.25) is 9.36 Å². The van der Waals surface area contributed by atoms with Crippen molar-refractivity contribution < 1.29 is 4.74 Å². The molecule has 5 heteroatoms. The minimum Gasteiger partial charge on any atom is -0.490 e. The van der Waals surface area contributed by atoms with Crippen molar-refractivity contribution in [3.8, 4) is 11.4 Å². The smallest absolute Gasteiger partial charge is 0.265 e. The summed E-state index contributed by atoms with van der Waals surface area (Å²) in [4.78, 5) is 20.0. The quantitative estimate of drug-likeness (QED) is 0.690. The molecule has 2 heterocycles. The van der Waals surface area contributed by atoms with Crippen LogP contribution in [0.3, 0.4) is 0 Å². The molecule has 0 spiro atoms. The molecule has 0 N–H and O–H groups in total. The van der Waals surface area contributed by atoms with Gasteiger partial charge in [-0.05, 0) is 56.8 Å². The molecule has 0 saturated carbocycles. The lowest BCUT2D eigenvalue weighted by Crippen LogP contribution is -2.47. The van der Waals surface area contributed by atoms with E-state index in [1.54, 1.807) is 22.8 Å². The van der Waals surface area contributed by atoms with E-state index in [4.69, 9.17) is 4.74 Å². The molecular weight excluding hydrogens is 386 g/mol. The van der Waals surface area contributed by atoms with Crippen molar-refractivity contribution in [3.63, 3.8) is 0 Å². The molecular formula is C26H33N3O2. The van der Waals surface area contributed by atoms with Gasteiger partial charge in [-0.15, -0.1) is 0 Å². The fourth-order valence-electron chi connectivity index (χ4n) is 3.87. The fourth-order valence-corrected chi connectivity index (χ4v) is 3.87. The van der Waals surface area contributed by atoms with Crippen LogP contribution < -0.4 is 20.9 Å². The van der Waals surface area contributed by atoms with Gasteiger partial charge in [0.05, 0.1) is 16.3 Å². The molecule has 0 bridgehead atoms. The van der Waals surface area contributed by atoms with Gasteiger partial charge >= 0.3 is 0 Å². The number of ether oxygens (including phenoxy) is 1. The Labute approximate surface area is 184 Å². The van der Waals surface area contributed by atoms with Gasteiger partial charge in [0, 0.05) is 25.9 Å². The van der Waals surface area contributed by atoms with Gasteiger partial charge < -0.3 is 9.64 Å². The molecule has 164 valence electrons. The Morgan fingerprint density at radius 3 is 2.55 bits per heavy atom. The van der Waals surface area contributed by atoms with Crippen LogP contribution in [-0.4, -0.2) is 33.6 Å². The minimum absolute atomic E-state index is 0.0831. The third-order valence-corrected chi connectivity index (χ3v) is 5.53. The zero-order valence-electron chi connectivity index (χ0n) is 18.9. The zero-order chi connectivity index (χ0) is 22.2. The second-order valence-electron chi connectivity index (χ2n) is 7.81. The molecule has 1 aliphatic rings. The molecule has 0 amide bonds. The van der Waals surface area contributed by atoms with Crippen LogP contribution in [0.15, 0.2) is 54.0 Å². The molecule has 31 heavy (non-hydrogen) atoms. The summed E-state index contributed by atoms with van der Waals surface area (Å²) in [7, 11) is 0. The molecule has 3 rings (SSSR count). The molecule has 1 aromatic heterocycles. The van der Waals surface area contributed by atoms with Crippen LogP contribution in [0.25, 0.3) is 17.8 Å². The SMILES string of the molecule is C=C/C=c1/nc(C)n(-c2ccc(OC3CCN(/C=C/CCC)CC3)cc2)c(=O)/c1=C/C. The van der Waals surface area contributed by atoms with Gasteiger partial charge in [0.25, 0.3) is 5.56 Å². The third kappa shape index (κ3) is 5.54. The van der Waals surface area contributed by atoms with Gasteiger partial charge in [-0.25, -0.2) is 4.98 Å². The van der Waals surface area contributed by atoms with Crippen molar-refractivity contribution in [1.82, 2.24) is 14.5 Å². The second-order valence-corrected chi connectivity index (χ2v) is 7.81. The highest BCUT2D eigenvalue weighted by Crippen LogP contribution is 2.21. The molecule has 0 unspecified atom stereocenters. The van der Waals surface area contributed by atoms with E-state index in [1.165, 1.54) is 6.42 Å². The second kappa shape index (κ2) is 10.8. The van der Waals surface area contributed by atoms with Crippen LogP contribution in [0.4, 0.5) is 0 Å². The first-order valence-corrected chi connectivity index (χ1v) is 11.1. The van der Waals surface area contributed by atoms with Crippen LogP contribution >= 0.6 is 0 Å². The summed E-state index contributed by atoms with van der Waals surface area (Å²) in [6.45, 7) is 11.6. The number of rotatable bonds is 7. The Morgan fingerprint density at radius 1 is 1.23 bits per heavy atom. The van der Waals surface area contributed by atoms with E-state index in [9.17, 15) is 4.79 Å². The fraction of sp³-hybridized carbons (Fsp3) is 0.385. The number of benzene rings is 1. The normalized spacial score (nSPS) is 16.3. The monoisotopic (exact) mass is 419 g/mol. The molecule has 1 aliphatic heterocycles. The first-order chi connectivity index (χ1) is 15.1. The summed E-state index contributed by atoms with van der Waals surface area (Å²) in [5.41, 5.74) is 0.701. The Hall–Kier alpha value is -3.08. The van der Waals surface area contributed by atoms with E-state index in [2.05, 4.69) is 35.7 Å². The first-order valence-electron chi connectivity index (χ1n) is 11.1. The van der Waals surface area contributed by atoms with Crippen LogP contribution in [0.2, 0.25) is 0 Å². The predicted octanol–water partition coefficient (Wildman–Crippen LogP) is 3.46. The first kappa shape index (κ1) is 22.6. The van der Waals surface area contributed by atoms with Crippen LogP contribution in [-0.2, 0) is 0 Å². The number of nitrogens with zero attached hydrogens (tertiary/aromatic N) is 3. The van der Waals surface area contributed by atoms with Gasteiger partial charge in [-0.1, -0.05) is 38.2 Å². The van der Waals surface area contributed by atoms with Crippen LogP contribution in [0.5, 0.6) is 5.75 Å². The number of piperidine rings is 1. The summed E-state index contributed by atoms with van der Waals surface area (Å²) >= 11 is 0. The van der Waals surface area contributed by atoms with Crippen LogP contribution in [0, 0.1) is 6.92 Å². The Morgan fingerprint density at radius 2 is 1.94 bits per heavy atom. The summed E-state index contributed by atoms with van der Waals surface area (Å²) in [5, 5.41) is 1.22. The molecule has 0 radical (unpaired) electrons. The maximum absolute atomic E-state index is 13.0. The molecule has 1 fully saturated rings. The predicted molar refractivity (Wildman–Crippen MR) is 128 cm³/mol. The minimum atomic E-state index is -0.0831. The number of hydrogen-bond acceptors (Lipinski definition) is 4. The summed E-state index contributed by atoms with van der Waals surface area (Å²) in [6.07, 6.45) is 14.2. The largest absolute Gasteiger partial charge is 0.490 e. The highest BCUT2D eigenvalue weighted by atomic mass is 16.5. The van der Waals surface area contributed by atoms with E-state index in [0.29, 0.717) is 16.4 Å². The van der Waals surface area contributed by atoms with E-state index < -0.39 is 0 Å². The van der Waals surface area contributed by atoms with Gasteiger partial charge in [-0.2, -0.15) is 0 Å². The van der Waals surface area contributed by atoms with Crippen molar-refractivity contribution in [2.24, 2.45) is 0 Å². The average molecular weight is 420 g/mol. The van der Waals surface area contributed by atoms with E-state index in [1.807, 2.05) is 38.1 Å². The number of hydrogen-bond donors (Lipinski definition) is 0. The Bertz CT molecular complexity index is 1090. The molecule has 1 aromatic carbocycles. The van der Waals surface area contributed by atoms with Crippen LogP contribution in [0.1, 0.15) is 45.4 Å². The molecule has 0 atom stereocenters. The zero-order valence-corrected chi connectivity index (χ0v) is 18.9. The number of aryl methyl sites for hydroxylation is 1. The number of unbranched alkanes of at least 4 members (excludes halogenated alkanes) is 1. The summed E-state index contributed by atoms with van der Waals surface area (Å²) < 4.78 is 7.84. The number of allylic oxidation sites excluding steroid dienone is 2. The van der Waals surface area contributed by atoms with Crippen molar-refractivity contribution in [1.29, 1.82) is 0 Å². The van der Waals surface area contributed by atoms with Crippen molar-refractivity contribution in [3.05, 3.63) is 75.9 Å². The van der Waals surface area contributed by atoms with Gasteiger partial charge in [0.1, 0.15) is 17.7 Å². The highest BCUT2D eigenvalue weighted by Gasteiger charge is 2.18. The third-order valence-electron chi connectivity index (χ3n) is 5.53. The van der Waals surface area contributed by atoms with Gasteiger partial charge in [0.2, 0.25) is 0 Å². The average Bonchev–Trinajstić information content (AvgIpc) is 2.76.